The molecule has 3 unspecified atom stereocenters. The summed E-state index contributed by atoms with van der Waals surface area (Å²) in [6.07, 6.45) is 1.73. The van der Waals surface area contributed by atoms with Crippen molar-refractivity contribution in [2.75, 3.05) is 6.61 Å². The van der Waals surface area contributed by atoms with Gasteiger partial charge >= 0.3 is 27.3 Å². The van der Waals surface area contributed by atoms with Crippen LogP contribution in [-0.4, -0.2) is 54.1 Å². The summed E-state index contributed by atoms with van der Waals surface area (Å²) in [4.78, 5) is 51.6. The number of alkyl halides is 4. The Hall–Kier alpha value is -1.89. The Bertz CT molecular complexity index is 1220. The molecule has 0 saturated heterocycles. The van der Waals surface area contributed by atoms with Crippen LogP contribution in [0.3, 0.4) is 0 Å². The van der Waals surface area contributed by atoms with E-state index in [4.69, 9.17) is 4.55 Å². The van der Waals surface area contributed by atoms with Gasteiger partial charge < -0.3 is 4.74 Å². The summed E-state index contributed by atoms with van der Waals surface area (Å²) < 4.78 is 88.1. The Morgan fingerprint density at radius 2 is 1.73 bits per heavy atom. The third kappa shape index (κ3) is 5.27. The number of fused-ring (bicyclic) bond motifs is 5. The summed E-state index contributed by atoms with van der Waals surface area (Å²) in [5, 5.41) is -5.73. The van der Waals surface area contributed by atoms with Crippen molar-refractivity contribution in [2.45, 2.75) is 96.2 Å². The van der Waals surface area contributed by atoms with Crippen molar-refractivity contribution in [3.63, 3.8) is 0 Å². The van der Waals surface area contributed by atoms with Gasteiger partial charge in [-0.15, -0.1) is 0 Å². The number of halogens is 4. The molecule has 4 rings (SSSR count). The topological polar surface area (TPSA) is 132 Å². The van der Waals surface area contributed by atoms with E-state index in [1.165, 1.54) is 0 Å². The number of rotatable bonds is 9. The van der Waals surface area contributed by atoms with E-state index in [-0.39, 0.29) is 77.5 Å². The normalized spacial score (nSPS) is 36.8. The van der Waals surface area contributed by atoms with Crippen LogP contribution >= 0.6 is 0 Å². The number of Topliss-reactive ketones (excluding diaryl/α,β-unsaturated/α-hetero) is 3. The van der Waals surface area contributed by atoms with Crippen molar-refractivity contribution in [2.24, 2.45) is 46.3 Å². The van der Waals surface area contributed by atoms with Crippen molar-refractivity contribution in [3.8, 4) is 0 Å². The van der Waals surface area contributed by atoms with Crippen molar-refractivity contribution in [1.82, 2.24) is 0 Å². The molecular weight excluding hydrogens is 572 g/mol. The molecule has 0 bridgehead atoms. The summed E-state index contributed by atoms with van der Waals surface area (Å²) in [5.41, 5.74) is -1.00. The zero-order chi connectivity index (χ0) is 30.8. The van der Waals surface area contributed by atoms with Crippen molar-refractivity contribution >= 4 is 33.4 Å². The first-order chi connectivity index (χ1) is 18.8. The van der Waals surface area contributed by atoms with Gasteiger partial charge in [-0.2, -0.15) is 26.0 Å². The van der Waals surface area contributed by atoms with Crippen LogP contribution in [0, 0.1) is 46.3 Å². The summed E-state index contributed by atoms with van der Waals surface area (Å²) >= 11 is 0. The number of carbonyl (C=O) groups is 4. The lowest BCUT2D eigenvalue weighted by molar-refractivity contribution is -0.174. The molecule has 1 N–H and O–H groups in total. The second kappa shape index (κ2) is 10.7. The lowest BCUT2D eigenvalue weighted by Gasteiger charge is -2.58. The third-order valence-electron chi connectivity index (χ3n) is 11.1. The SMILES string of the molecule is C[C@H](CCC(=O)OCCC(F)(F)C(F)(F)S(=O)(=O)O)[C@H]1CC[C@H]2[C@@H]3C(=O)CC4CC(=O)CCC4(C)[C@H]3CC(=O)C12C. The van der Waals surface area contributed by atoms with Gasteiger partial charge in [-0.3, -0.25) is 23.7 Å². The Labute approximate surface area is 237 Å². The van der Waals surface area contributed by atoms with Crippen molar-refractivity contribution in [3.05, 3.63) is 0 Å². The number of ketones is 3. The molecule has 0 amide bonds. The lowest BCUT2D eigenvalue weighted by Crippen LogP contribution is -2.60. The lowest BCUT2D eigenvalue weighted by atomic mass is 9.44. The molecule has 0 spiro atoms. The predicted molar refractivity (Wildman–Crippen MR) is 136 cm³/mol. The number of hydrogen-bond donors (Lipinski definition) is 1. The van der Waals surface area contributed by atoms with E-state index in [0.717, 1.165) is 0 Å². The average Bonchev–Trinajstić information content (AvgIpc) is 3.22. The monoisotopic (exact) mass is 610 g/mol. The fraction of sp³-hybridized carbons (Fsp3) is 0.857. The highest BCUT2D eigenvalue weighted by molar-refractivity contribution is 7.87. The highest BCUT2D eigenvalue weighted by atomic mass is 32.2. The van der Waals surface area contributed by atoms with Crippen LogP contribution in [-0.2, 0) is 34.0 Å². The van der Waals surface area contributed by atoms with Crippen LogP contribution < -0.4 is 0 Å². The molecule has 0 aromatic heterocycles. The van der Waals surface area contributed by atoms with Gasteiger partial charge in [-0.25, -0.2) is 0 Å². The Morgan fingerprint density at radius 3 is 2.37 bits per heavy atom. The van der Waals surface area contributed by atoms with Gasteiger partial charge in [-0.1, -0.05) is 20.8 Å². The van der Waals surface area contributed by atoms with Gasteiger partial charge in [0.05, 0.1) is 13.0 Å². The van der Waals surface area contributed by atoms with E-state index in [9.17, 15) is 45.2 Å². The first-order valence-electron chi connectivity index (χ1n) is 14.2. The summed E-state index contributed by atoms with van der Waals surface area (Å²) in [7, 11) is -6.37. The van der Waals surface area contributed by atoms with E-state index < -0.39 is 45.7 Å². The second-order valence-corrected chi connectivity index (χ2v) is 14.6. The Balaban J connectivity index is 1.37. The third-order valence-corrected chi connectivity index (χ3v) is 12.1. The zero-order valence-corrected chi connectivity index (χ0v) is 24.3. The van der Waals surface area contributed by atoms with Gasteiger partial charge in [0.25, 0.3) is 0 Å². The van der Waals surface area contributed by atoms with Crippen LogP contribution in [0.2, 0.25) is 0 Å². The van der Waals surface area contributed by atoms with E-state index in [2.05, 4.69) is 11.7 Å². The molecule has 0 aromatic rings. The molecule has 4 aliphatic carbocycles. The molecule has 8 atom stereocenters. The summed E-state index contributed by atoms with van der Waals surface area (Å²) in [6, 6.07) is 0. The summed E-state index contributed by atoms with van der Waals surface area (Å²) in [5.74, 6) is -6.51. The maximum Gasteiger partial charge on any atom is 0.431 e. The minimum Gasteiger partial charge on any atom is -0.465 e. The average molecular weight is 611 g/mol. The van der Waals surface area contributed by atoms with Crippen molar-refractivity contribution in [1.29, 1.82) is 0 Å². The number of esters is 1. The quantitative estimate of drug-likeness (QED) is 0.218. The summed E-state index contributed by atoms with van der Waals surface area (Å²) in [6.45, 7) is 4.74. The number of carbonyl (C=O) groups excluding carboxylic acids is 4. The van der Waals surface area contributed by atoms with E-state index in [1.807, 2.05) is 13.8 Å². The molecule has 4 saturated carbocycles. The molecule has 13 heteroatoms. The van der Waals surface area contributed by atoms with Gasteiger partial charge in [0.2, 0.25) is 0 Å². The van der Waals surface area contributed by atoms with Crippen LogP contribution in [0.1, 0.15) is 85.0 Å². The van der Waals surface area contributed by atoms with Crippen LogP contribution in [0.15, 0.2) is 0 Å². The Kier molecular flexibility index (Phi) is 8.34. The van der Waals surface area contributed by atoms with Gasteiger partial charge in [-0.05, 0) is 60.7 Å². The molecule has 0 aromatic carbocycles. The zero-order valence-electron chi connectivity index (χ0n) is 23.5. The fourth-order valence-corrected chi connectivity index (χ4v) is 9.12. The fourth-order valence-electron chi connectivity index (χ4n) is 8.64. The van der Waals surface area contributed by atoms with Gasteiger partial charge in [0.1, 0.15) is 17.3 Å². The number of hydrogen-bond acceptors (Lipinski definition) is 7. The second-order valence-electron chi connectivity index (χ2n) is 13.1. The highest BCUT2D eigenvalue weighted by Crippen LogP contribution is 2.66. The van der Waals surface area contributed by atoms with E-state index in [1.54, 1.807) is 0 Å². The van der Waals surface area contributed by atoms with Gasteiger partial charge in [0.15, 0.2) is 0 Å². The predicted octanol–water partition coefficient (Wildman–Crippen LogP) is 5.04. The molecule has 8 nitrogen and oxygen atoms in total. The van der Waals surface area contributed by atoms with Crippen LogP contribution in [0.5, 0.6) is 0 Å². The van der Waals surface area contributed by atoms with Crippen LogP contribution in [0.4, 0.5) is 17.6 Å². The highest BCUT2D eigenvalue weighted by Gasteiger charge is 2.67. The molecule has 232 valence electrons. The van der Waals surface area contributed by atoms with E-state index in [0.29, 0.717) is 38.5 Å². The Morgan fingerprint density at radius 1 is 1.07 bits per heavy atom. The van der Waals surface area contributed by atoms with Crippen molar-refractivity contribution < 1.29 is 54.4 Å². The smallest absolute Gasteiger partial charge is 0.431 e. The first-order valence-corrected chi connectivity index (χ1v) is 15.7. The maximum atomic E-state index is 13.8. The van der Waals surface area contributed by atoms with E-state index >= 15 is 0 Å². The molecule has 4 fully saturated rings. The number of ether oxygens (including phenoxy) is 1. The standard InChI is InChI=1S/C28H38F4O8S/c1-15(4-7-23(36)40-11-10-27(29,30)28(31,32)41(37,38)39)18-5-6-19-24-20(14-22(35)26(18,19)3)25(2)9-8-17(33)12-16(25)13-21(24)34/h15-16,18-20,24H,4-14H2,1-3H3,(H,37,38,39)/t15-,16?,18-,19+,20+,24+,25?,26?/m1/s1. The molecule has 4 aliphatic rings. The molecule has 41 heavy (non-hydrogen) atoms. The van der Waals surface area contributed by atoms with Crippen LogP contribution in [0.25, 0.3) is 0 Å². The molecule has 0 aliphatic heterocycles. The molecular formula is C28H38F4O8S. The minimum absolute atomic E-state index is 0.0315. The minimum atomic E-state index is -6.37. The van der Waals surface area contributed by atoms with Gasteiger partial charge in [0, 0.05) is 43.4 Å². The molecule has 0 heterocycles. The first kappa shape index (κ1) is 32.0. The maximum absolute atomic E-state index is 13.8. The largest absolute Gasteiger partial charge is 0.465 e. The molecule has 0 radical (unpaired) electrons.